The normalized spacial score (nSPS) is 15.0. The SMILES string of the molecule is COc1ccc(NS(=O)(=O)c2cccc(C(=O)OCC3COc4ccccc4O3)c2)cc1. The van der Waals surface area contributed by atoms with Crippen LogP contribution >= 0.6 is 0 Å². The fourth-order valence-electron chi connectivity index (χ4n) is 3.06. The van der Waals surface area contributed by atoms with Gasteiger partial charge in [-0.3, -0.25) is 4.72 Å². The maximum Gasteiger partial charge on any atom is 0.338 e. The monoisotopic (exact) mass is 455 g/mol. The van der Waals surface area contributed by atoms with Crippen LogP contribution in [0.15, 0.2) is 77.7 Å². The van der Waals surface area contributed by atoms with Gasteiger partial charge in [-0.15, -0.1) is 0 Å². The molecule has 1 aliphatic rings. The first-order valence-electron chi connectivity index (χ1n) is 9.77. The molecule has 0 aliphatic carbocycles. The van der Waals surface area contributed by atoms with Gasteiger partial charge in [-0.2, -0.15) is 0 Å². The van der Waals surface area contributed by atoms with Gasteiger partial charge in [0.15, 0.2) is 17.6 Å². The highest BCUT2D eigenvalue weighted by Gasteiger charge is 2.23. The fourth-order valence-corrected chi connectivity index (χ4v) is 4.16. The maximum atomic E-state index is 12.7. The summed E-state index contributed by atoms with van der Waals surface area (Å²) in [6, 6.07) is 19.3. The second-order valence-corrected chi connectivity index (χ2v) is 8.64. The molecule has 0 spiro atoms. The molecule has 1 atom stereocenters. The van der Waals surface area contributed by atoms with Crippen LogP contribution in [-0.4, -0.2) is 40.8 Å². The lowest BCUT2D eigenvalue weighted by Crippen LogP contribution is -2.34. The van der Waals surface area contributed by atoms with Crippen LogP contribution in [0.1, 0.15) is 10.4 Å². The van der Waals surface area contributed by atoms with Crippen LogP contribution in [0, 0.1) is 0 Å². The van der Waals surface area contributed by atoms with E-state index in [9.17, 15) is 13.2 Å². The van der Waals surface area contributed by atoms with Crippen molar-refractivity contribution in [1.82, 2.24) is 0 Å². The molecule has 0 aromatic heterocycles. The lowest BCUT2D eigenvalue weighted by molar-refractivity contribution is 0.0109. The zero-order valence-electron chi connectivity index (χ0n) is 17.2. The Morgan fingerprint density at radius 1 is 1.03 bits per heavy atom. The topological polar surface area (TPSA) is 100 Å². The Kier molecular flexibility index (Phi) is 6.18. The van der Waals surface area contributed by atoms with Crippen LogP contribution in [0.3, 0.4) is 0 Å². The molecule has 4 rings (SSSR count). The molecule has 166 valence electrons. The summed E-state index contributed by atoms with van der Waals surface area (Å²) in [5.74, 6) is 1.16. The molecule has 0 amide bonds. The highest BCUT2D eigenvalue weighted by atomic mass is 32.2. The third kappa shape index (κ3) is 4.94. The van der Waals surface area contributed by atoms with Crippen molar-refractivity contribution in [2.45, 2.75) is 11.0 Å². The second kappa shape index (κ2) is 9.19. The molecule has 0 bridgehead atoms. The average Bonchev–Trinajstić information content (AvgIpc) is 2.82. The number of fused-ring (bicyclic) bond motifs is 1. The number of para-hydroxylation sites is 2. The predicted molar refractivity (Wildman–Crippen MR) is 117 cm³/mol. The highest BCUT2D eigenvalue weighted by Crippen LogP contribution is 2.31. The highest BCUT2D eigenvalue weighted by molar-refractivity contribution is 7.92. The molecule has 1 unspecified atom stereocenters. The molecule has 0 saturated carbocycles. The van der Waals surface area contributed by atoms with Crippen molar-refractivity contribution >= 4 is 21.7 Å². The summed E-state index contributed by atoms with van der Waals surface area (Å²) in [6.07, 6.45) is -0.461. The molecule has 9 heteroatoms. The number of benzene rings is 3. The van der Waals surface area contributed by atoms with Crippen molar-refractivity contribution < 1.29 is 32.2 Å². The van der Waals surface area contributed by atoms with E-state index in [0.717, 1.165) is 0 Å². The van der Waals surface area contributed by atoms with Gasteiger partial charge in [0.1, 0.15) is 19.0 Å². The van der Waals surface area contributed by atoms with Crippen LogP contribution in [0.25, 0.3) is 0 Å². The number of hydrogen-bond acceptors (Lipinski definition) is 7. The molecule has 32 heavy (non-hydrogen) atoms. The zero-order chi connectivity index (χ0) is 22.6. The first kappa shape index (κ1) is 21.5. The van der Waals surface area contributed by atoms with Crippen LogP contribution in [-0.2, 0) is 14.8 Å². The van der Waals surface area contributed by atoms with Gasteiger partial charge in [0.05, 0.1) is 17.6 Å². The van der Waals surface area contributed by atoms with E-state index in [-0.39, 0.29) is 23.7 Å². The number of hydrogen-bond donors (Lipinski definition) is 1. The molecule has 1 aliphatic heterocycles. The Labute approximate surface area is 185 Å². The minimum atomic E-state index is -3.90. The summed E-state index contributed by atoms with van der Waals surface area (Å²) in [5.41, 5.74) is 0.480. The van der Waals surface area contributed by atoms with Gasteiger partial charge in [-0.1, -0.05) is 18.2 Å². The van der Waals surface area contributed by atoms with E-state index in [0.29, 0.717) is 22.9 Å². The molecule has 3 aromatic carbocycles. The Morgan fingerprint density at radius 3 is 2.53 bits per heavy atom. The number of esters is 1. The molecule has 0 fully saturated rings. The predicted octanol–water partition coefficient (Wildman–Crippen LogP) is 3.49. The average molecular weight is 455 g/mol. The second-order valence-electron chi connectivity index (χ2n) is 6.96. The molecular formula is C23H21NO7S. The summed E-state index contributed by atoms with van der Waals surface area (Å²) in [7, 11) is -2.38. The van der Waals surface area contributed by atoms with E-state index in [4.69, 9.17) is 18.9 Å². The summed E-state index contributed by atoms with van der Waals surface area (Å²) >= 11 is 0. The Balaban J connectivity index is 1.40. The number of rotatable bonds is 7. The number of carbonyl (C=O) groups excluding carboxylic acids is 1. The van der Waals surface area contributed by atoms with Gasteiger partial charge in [0.2, 0.25) is 0 Å². The van der Waals surface area contributed by atoms with Crippen LogP contribution in [0.5, 0.6) is 17.2 Å². The van der Waals surface area contributed by atoms with E-state index in [1.54, 1.807) is 36.4 Å². The van der Waals surface area contributed by atoms with Gasteiger partial charge in [0.25, 0.3) is 10.0 Å². The number of sulfonamides is 1. The first-order valence-corrected chi connectivity index (χ1v) is 11.3. The van der Waals surface area contributed by atoms with Gasteiger partial charge in [-0.05, 0) is 54.6 Å². The number of methoxy groups -OCH3 is 1. The van der Waals surface area contributed by atoms with E-state index in [1.807, 2.05) is 12.1 Å². The number of anilines is 1. The van der Waals surface area contributed by atoms with Crippen LogP contribution in [0.4, 0.5) is 5.69 Å². The molecule has 0 saturated heterocycles. The number of ether oxygens (including phenoxy) is 4. The molecule has 8 nitrogen and oxygen atoms in total. The van der Waals surface area contributed by atoms with Crippen molar-refractivity contribution in [3.05, 3.63) is 78.4 Å². The minimum Gasteiger partial charge on any atom is -0.497 e. The third-order valence-electron chi connectivity index (χ3n) is 4.69. The van der Waals surface area contributed by atoms with Gasteiger partial charge in [0, 0.05) is 5.69 Å². The molecule has 1 N–H and O–H groups in total. The smallest absolute Gasteiger partial charge is 0.338 e. The van der Waals surface area contributed by atoms with E-state index in [2.05, 4.69) is 4.72 Å². The standard InChI is InChI=1S/C23H21NO7S/c1-28-18-11-9-17(10-12-18)24-32(26,27)20-6-4-5-16(13-20)23(25)30-15-19-14-29-21-7-2-3-8-22(21)31-19/h2-13,19,24H,14-15H2,1H3. The lowest BCUT2D eigenvalue weighted by Gasteiger charge is -2.26. The van der Waals surface area contributed by atoms with Gasteiger partial charge >= 0.3 is 5.97 Å². The van der Waals surface area contributed by atoms with E-state index in [1.165, 1.54) is 31.4 Å². The summed E-state index contributed by atoms with van der Waals surface area (Å²) < 4.78 is 49.7. The Hall–Kier alpha value is -3.72. The fraction of sp³-hybridized carbons (Fsp3) is 0.174. The lowest BCUT2D eigenvalue weighted by atomic mass is 10.2. The Bertz CT molecular complexity index is 1210. The third-order valence-corrected chi connectivity index (χ3v) is 6.07. The van der Waals surface area contributed by atoms with Crippen LogP contribution in [0.2, 0.25) is 0 Å². The zero-order valence-corrected chi connectivity index (χ0v) is 18.0. The van der Waals surface area contributed by atoms with Crippen molar-refractivity contribution in [3.8, 4) is 17.2 Å². The molecule has 1 heterocycles. The van der Waals surface area contributed by atoms with Crippen LogP contribution < -0.4 is 18.9 Å². The maximum absolute atomic E-state index is 12.7. The molecular weight excluding hydrogens is 434 g/mol. The van der Waals surface area contributed by atoms with Crippen molar-refractivity contribution in [2.24, 2.45) is 0 Å². The van der Waals surface area contributed by atoms with Crippen molar-refractivity contribution in [2.75, 3.05) is 25.0 Å². The number of carbonyl (C=O) groups is 1. The van der Waals surface area contributed by atoms with Crippen molar-refractivity contribution in [3.63, 3.8) is 0 Å². The van der Waals surface area contributed by atoms with E-state index < -0.39 is 22.1 Å². The molecule has 0 radical (unpaired) electrons. The summed E-state index contributed by atoms with van der Waals surface area (Å²) in [5, 5.41) is 0. The van der Waals surface area contributed by atoms with E-state index >= 15 is 0 Å². The minimum absolute atomic E-state index is 0.0335. The number of nitrogens with one attached hydrogen (secondary N) is 1. The summed E-state index contributed by atoms with van der Waals surface area (Å²) in [4.78, 5) is 12.4. The molecule has 3 aromatic rings. The van der Waals surface area contributed by atoms with Gasteiger partial charge in [-0.25, -0.2) is 13.2 Å². The van der Waals surface area contributed by atoms with Gasteiger partial charge < -0.3 is 18.9 Å². The van der Waals surface area contributed by atoms with Crippen molar-refractivity contribution in [1.29, 1.82) is 0 Å². The quantitative estimate of drug-likeness (QED) is 0.544. The first-order chi connectivity index (χ1) is 15.4. The largest absolute Gasteiger partial charge is 0.497 e. The summed E-state index contributed by atoms with van der Waals surface area (Å²) in [6.45, 7) is 0.207. The Morgan fingerprint density at radius 2 is 1.78 bits per heavy atom.